The van der Waals surface area contributed by atoms with Crippen LogP contribution in [0.4, 0.5) is 0 Å². The predicted molar refractivity (Wildman–Crippen MR) is 80.2 cm³/mol. The third kappa shape index (κ3) is 3.80. The van der Waals surface area contributed by atoms with Crippen molar-refractivity contribution in [3.05, 3.63) is 34.4 Å². The first-order valence-corrected chi connectivity index (χ1v) is 6.78. The molecule has 1 rings (SSSR count). The van der Waals surface area contributed by atoms with Crippen LogP contribution in [-0.2, 0) is 10.2 Å². The molecule has 0 aliphatic carbocycles. The molecule has 0 aliphatic heterocycles. The van der Waals surface area contributed by atoms with Crippen molar-refractivity contribution in [2.75, 3.05) is 6.54 Å². The van der Waals surface area contributed by atoms with E-state index < -0.39 is 0 Å². The van der Waals surface area contributed by atoms with E-state index >= 15 is 0 Å². The smallest absolute Gasteiger partial charge is 0.234 e. The van der Waals surface area contributed by atoms with Crippen LogP contribution in [0.25, 0.3) is 0 Å². The van der Waals surface area contributed by atoms with Crippen LogP contribution in [0.2, 0.25) is 0 Å². The number of aryl methyl sites for hydroxylation is 2. The molecule has 1 unspecified atom stereocenters. The lowest BCUT2D eigenvalue weighted by Gasteiger charge is -2.25. The highest BCUT2D eigenvalue weighted by Crippen LogP contribution is 2.29. The van der Waals surface area contributed by atoms with E-state index in [1.807, 2.05) is 6.92 Å². The van der Waals surface area contributed by atoms with Gasteiger partial charge in [-0.15, -0.1) is 0 Å². The fraction of sp³-hybridized carbons (Fsp3) is 0.562. The first-order valence-electron chi connectivity index (χ1n) is 6.78. The maximum absolute atomic E-state index is 11.4. The Bertz CT molecular complexity index is 449. The topological polar surface area (TPSA) is 55.1 Å². The van der Waals surface area contributed by atoms with E-state index in [-0.39, 0.29) is 23.9 Å². The number of hydrogen-bond donors (Lipinski definition) is 2. The van der Waals surface area contributed by atoms with E-state index in [0.717, 1.165) is 0 Å². The van der Waals surface area contributed by atoms with Gasteiger partial charge in [0, 0.05) is 0 Å². The molecule has 3 heteroatoms. The quantitative estimate of drug-likeness (QED) is 0.880. The van der Waals surface area contributed by atoms with Crippen LogP contribution >= 0.6 is 0 Å². The van der Waals surface area contributed by atoms with E-state index in [9.17, 15) is 4.79 Å². The highest BCUT2D eigenvalue weighted by atomic mass is 16.1. The van der Waals surface area contributed by atoms with Crippen LogP contribution in [-0.4, -0.2) is 12.5 Å². The minimum atomic E-state index is -0.119. The molecule has 1 amide bonds. The molecule has 1 aromatic rings. The molecule has 3 nitrogen and oxygen atoms in total. The zero-order valence-electron chi connectivity index (χ0n) is 12.9. The van der Waals surface area contributed by atoms with Crippen molar-refractivity contribution in [3.63, 3.8) is 0 Å². The minimum absolute atomic E-state index is 0.00920. The summed E-state index contributed by atoms with van der Waals surface area (Å²) in [7, 11) is 0. The number of benzene rings is 1. The monoisotopic (exact) mass is 262 g/mol. The second kappa shape index (κ2) is 5.74. The summed E-state index contributed by atoms with van der Waals surface area (Å²) in [5.41, 5.74) is 10.4. The van der Waals surface area contributed by atoms with Crippen molar-refractivity contribution in [3.8, 4) is 0 Å². The van der Waals surface area contributed by atoms with Crippen molar-refractivity contribution in [1.29, 1.82) is 0 Å². The van der Waals surface area contributed by atoms with Gasteiger partial charge in [0.1, 0.15) is 0 Å². The minimum Gasteiger partial charge on any atom is -0.348 e. The number of hydrogen-bond acceptors (Lipinski definition) is 2. The van der Waals surface area contributed by atoms with Crippen LogP contribution in [0, 0.1) is 13.8 Å². The molecule has 0 fully saturated rings. The van der Waals surface area contributed by atoms with E-state index in [4.69, 9.17) is 5.73 Å². The third-order valence-electron chi connectivity index (χ3n) is 3.46. The summed E-state index contributed by atoms with van der Waals surface area (Å²) in [6.07, 6.45) is 0. The van der Waals surface area contributed by atoms with Crippen LogP contribution < -0.4 is 11.1 Å². The van der Waals surface area contributed by atoms with Gasteiger partial charge in [-0.05, 0) is 48.4 Å². The molecule has 0 aliphatic rings. The highest BCUT2D eigenvalue weighted by molar-refractivity contribution is 5.78. The average molecular weight is 262 g/mol. The molecule has 3 N–H and O–H groups in total. The molecular weight excluding hydrogens is 236 g/mol. The Morgan fingerprint density at radius 2 is 1.74 bits per heavy atom. The number of carbonyl (C=O) groups excluding carboxylic acids is 1. The lowest BCUT2D eigenvalue weighted by atomic mass is 9.83. The Balaban J connectivity index is 3.13. The second-order valence-corrected chi connectivity index (χ2v) is 6.27. The Hall–Kier alpha value is -1.35. The van der Waals surface area contributed by atoms with Crippen molar-refractivity contribution < 1.29 is 4.79 Å². The summed E-state index contributed by atoms with van der Waals surface area (Å²) in [4.78, 5) is 11.4. The molecule has 106 valence electrons. The van der Waals surface area contributed by atoms with Crippen molar-refractivity contribution in [2.24, 2.45) is 5.73 Å². The van der Waals surface area contributed by atoms with E-state index in [1.165, 1.54) is 22.3 Å². The Morgan fingerprint density at radius 1 is 1.26 bits per heavy atom. The van der Waals surface area contributed by atoms with Crippen LogP contribution in [0.3, 0.4) is 0 Å². The summed E-state index contributed by atoms with van der Waals surface area (Å²) < 4.78 is 0. The van der Waals surface area contributed by atoms with Gasteiger partial charge < -0.3 is 11.1 Å². The number of nitrogens with two attached hydrogens (primary N) is 1. The number of rotatable bonds is 3. The molecule has 0 radical (unpaired) electrons. The van der Waals surface area contributed by atoms with E-state index in [0.29, 0.717) is 0 Å². The first-order chi connectivity index (χ1) is 8.66. The van der Waals surface area contributed by atoms with Crippen molar-refractivity contribution >= 4 is 5.91 Å². The maximum Gasteiger partial charge on any atom is 0.234 e. The highest BCUT2D eigenvalue weighted by Gasteiger charge is 2.19. The molecule has 0 heterocycles. The van der Waals surface area contributed by atoms with Gasteiger partial charge in [0.15, 0.2) is 0 Å². The normalized spacial score (nSPS) is 13.2. The molecule has 0 aromatic heterocycles. The average Bonchev–Trinajstić information content (AvgIpc) is 2.26. The van der Waals surface area contributed by atoms with Gasteiger partial charge in [-0.1, -0.05) is 32.9 Å². The summed E-state index contributed by atoms with van der Waals surface area (Å²) in [6, 6.07) is 4.42. The summed E-state index contributed by atoms with van der Waals surface area (Å²) in [5.74, 6) is -0.119. The Morgan fingerprint density at radius 3 is 2.11 bits per heavy atom. The summed E-state index contributed by atoms with van der Waals surface area (Å²) in [6.45, 7) is 12.9. The van der Waals surface area contributed by atoms with Gasteiger partial charge in [-0.2, -0.15) is 0 Å². The van der Waals surface area contributed by atoms with Gasteiger partial charge >= 0.3 is 0 Å². The lowest BCUT2D eigenvalue weighted by molar-refractivity contribution is -0.120. The zero-order chi connectivity index (χ0) is 14.8. The zero-order valence-corrected chi connectivity index (χ0v) is 12.9. The van der Waals surface area contributed by atoms with Gasteiger partial charge in [-0.3, -0.25) is 4.79 Å². The predicted octanol–water partition coefficient (Wildman–Crippen LogP) is 2.74. The van der Waals surface area contributed by atoms with Crippen LogP contribution in [0.5, 0.6) is 0 Å². The molecule has 0 saturated carbocycles. The fourth-order valence-corrected chi connectivity index (χ4v) is 2.46. The van der Waals surface area contributed by atoms with E-state index in [2.05, 4.69) is 52.1 Å². The molecule has 1 atom stereocenters. The largest absolute Gasteiger partial charge is 0.348 e. The van der Waals surface area contributed by atoms with E-state index in [1.54, 1.807) is 0 Å². The fourth-order valence-electron chi connectivity index (χ4n) is 2.46. The summed E-state index contributed by atoms with van der Waals surface area (Å²) >= 11 is 0. The van der Waals surface area contributed by atoms with Crippen LogP contribution in [0.15, 0.2) is 12.1 Å². The summed E-state index contributed by atoms with van der Waals surface area (Å²) in [5, 5.41) is 2.92. The first kappa shape index (κ1) is 15.7. The van der Waals surface area contributed by atoms with Gasteiger partial charge in [0.05, 0.1) is 12.6 Å². The standard InChI is InChI=1S/C16H26N2O/c1-10-7-13(16(4,5)6)8-11(2)15(10)12(3)18-14(19)9-17/h7-8,12H,9,17H2,1-6H3,(H,18,19). The van der Waals surface area contributed by atoms with Gasteiger partial charge in [-0.25, -0.2) is 0 Å². The maximum atomic E-state index is 11.4. The molecule has 19 heavy (non-hydrogen) atoms. The third-order valence-corrected chi connectivity index (χ3v) is 3.46. The number of nitrogens with one attached hydrogen (secondary N) is 1. The second-order valence-electron chi connectivity index (χ2n) is 6.27. The number of amides is 1. The molecule has 0 saturated heterocycles. The lowest BCUT2D eigenvalue weighted by Crippen LogP contribution is -2.33. The number of carbonyl (C=O) groups is 1. The van der Waals surface area contributed by atoms with Gasteiger partial charge in [0.2, 0.25) is 5.91 Å². The van der Waals surface area contributed by atoms with Crippen LogP contribution in [0.1, 0.15) is 56.0 Å². The molecule has 0 bridgehead atoms. The van der Waals surface area contributed by atoms with Gasteiger partial charge in [0.25, 0.3) is 0 Å². The molecular formula is C16H26N2O. The molecule has 0 spiro atoms. The Kier molecular flexibility index (Phi) is 4.75. The van der Waals surface area contributed by atoms with Crippen molar-refractivity contribution in [2.45, 2.75) is 53.0 Å². The SMILES string of the molecule is Cc1cc(C(C)(C)C)cc(C)c1C(C)NC(=O)CN. The Labute approximate surface area is 116 Å². The molecule has 1 aromatic carbocycles. The van der Waals surface area contributed by atoms with Crippen molar-refractivity contribution in [1.82, 2.24) is 5.32 Å².